The van der Waals surface area contributed by atoms with Gasteiger partial charge in [-0.15, -0.1) is 4.83 Å². The van der Waals surface area contributed by atoms with Crippen LogP contribution in [0.5, 0.6) is 0 Å². The molecule has 2 N–H and O–H groups in total. The average molecular weight is 465 g/mol. The van der Waals surface area contributed by atoms with E-state index in [-0.39, 0.29) is 16.1 Å². The number of rotatable bonds is 6. The lowest BCUT2D eigenvalue weighted by Gasteiger charge is -2.12. The molecule has 28 heavy (non-hydrogen) atoms. The van der Waals surface area contributed by atoms with Crippen molar-refractivity contribution in [1.82, 2.24) is 20.0 Å². The van der Waals surface area contributed by atoms with Gasteiger partial charge in [-0.1, -0.05) is 47.1 Å². The molecule has 0 saturated carbocycles. The fourth-order valence-electron chi connectivity index (χ4n) is 2.63. The molecule has 0 aliphatic heterocycles. The maximum Gasteiger partial charge on any atom is 0.287 e. The van der Waals surface area contributed by atoms with Crippen LogP contribution >= 0.6 is 15.9 Å². The summed E-state index contributed by atoms with van der Waals surface area (Å²) in [6, 6.07) is 12.6. The van der Waals surface area contributed by atoms with Crippen LogP contribution in [0.15, 0.2) is 62.7 Å². The number of aryl methyl sites for hydroxylation is 1. The monoisotopic (exact) mass is 464 g/mol. The maximum atomic E-state index is 12.6. The van der Waals surface area contributed by atoms with Gasteiger partial charge in [0.05, 0.1) is 10.3 Å². The van der Waals surface area contributed by atoms with Crippen LogP contribution < -0.4 is 15.8 Å². The van der Waals surface area contributed by atoms with Crippen molar-refractivity contribution in [1.29, 1.82) is 0 Å². The van der Waals surface area contributed by atoms with E-state index in [0.717, 1.165) is 0 Å². The van der Waals surface area contributed by atoms with Gasteiger partial charge < -0.3 is 0 Å². The summed E-state index contributed by atoms with van der Waals surface area (Å²) in [6.45, 7) is 2.23. The second-order valence-corrected chi connectivity index (χ2v) is 8.54. The van der Waals surface area contributed by atoms with E-state index >= 15 is 0 Å². The van der Waals surface area contributed by atoms with E-state index in [1.807, 2.05) is 6.92 Å². The predicted octanol–water partition coefficient (Wildman–Crippen LogP) is 2.19. The quantitative estimate of drug-likeness (QED) is 0.543. The van der Waals surface area contributed by atoms with Crippen molar-refractivity contribution in [2.75, 3.05) is 0 Å². The molecular formula is C18H17BrN4O4S. The third-order valence-corrected chi connectivity index (χ3v) is 5.66. The van der Waals surface area contributed by atoms with Gasteiger partial charge >= 0.3 is 0 Å². The summed E-state index contributed by atoms with van der Waals surface area (Å²) < 4.78 is 26.6. The van der Waals surface area contributed by atoms with Crippen LogP contribution in [0.2, 0.25) is 0 Å². The van der Waals surface area contributed by atoms with Crippen molar-refractivity contribution in [3.8, 4) is 0 Å². The van der Waals surface area contributed by atoms with E-state index in [1.54, 1.807) is 36.4 Å². The van der Waals surface area contributed by atoms with Crippen LogP contribution in [0.3, 0.4) is 0 Å². The zero-order chi connectivity index (χ0) is 20.3. The van der Waals surface area contributed by atoms with Crippen LogP contribution in [0.25, 0.3) is 10.8 Å². The SMILES string of the molecule is CCCn1nc(C(=O)NNS(=O)(=O)c2cccc(Br)c2)c2ccccc2c1=O. The Hall–Kier alpha value is -2.56. The molecule has 0 fully saturated rings. The van der Waals surface area contributed by atoms with E-state index in [9.17, 15) is 18.0 Å². The average Bonchev–Trinajstić information content (AvgIpc) is 2.68. The first-order chi connectivity index (χ1) is 13.3. The van der Waals surface area contributed by atoms with Crippen LogP contribution in [0.1, 0.15) is 23.8 Å². The topological polar surface area (TPSA) is 110 Å². The number of carbonyl (C=O) groups excluding carboxylic acids is 1. The fraction of sp³-hybridized carbons (Fsp3) is 0.167. The number of fused-ring (bicyclic) bond motifs is 1. The summed E-state index contributed by atoms with van der Waals surface area (Å²) >= 11 is 3.21. The highest BCUT2D eigenvalue weighted by atomic mass is 79.9. The summed E-state index contributed by atoms with van der Waals surface area (Å²) in [5, 5.41) is 4.81. The molecule has 0 spiro atoms. The Balaban J connectivity index is 1.93. The number of benzene rings is 2. The molecule has 0 aliphatic rings. The van der Waals surface area contributed by atoms with Crippen molar-refractivity contribution in [3.63, 3.8) is 0 Å². The molecule has 0 bridgehead atoms. The van der Waals surface area contributed by atoms with Crippen LogP contribution in [0.4, 0.5) is 0 Å². The largest absolute Gasteiger partial charge is 0.287 e. The van der Waals surface area contributed by atoms with E-state index in [0.29, 0.717) is 28.2 Å². The second-order valence-electron chi connectivity index (χ2n) is 5.94. The standard InChI is InChI=1S/C18H17BrN4O4S/c1-2-10-23-18(25)15-9-4-3-8-14(15)16(21-23)17(24)20-22-28(26,27)13-7-5-6-12(19)11-13/h3-9,11,22H,2,10H2,1H3,(H,20,24). The number of hydrogen-bond donors (Lipinski definition) is 2. The number of nitrogens with one attached hydrogen (secondary N) is 2. The van der Waals surface area contributed by atoms with E-state index < -0.39 is 15.9 Å². The molecular weight excluding hydrogens is 448 g/mol. The first-order valence-corrected chi connectivity index (χ1v) is 10.7. The van der Waals surface area contributed by atoms with Gasteiger partial charge in [0.2, 0.25) is 0 Å². The highest BCUT2D eigenvalue weighted by Gasteiger charge is 2.20. The van der Waals surface area contributed by atoms with E-state index in [1.165, 1.54) is 16.8 Å². The zero-order valence-corrected chi connectivity index (χ0v) is 17.2. The van der Waals surface area contributed by atoms with E-state index in [4.69, 9.17) is 0 Å². The Morgan fingerprint density at radius 2 is 1.86 bits per heavy atom. The first kappa shape index (κ1) is 20.2. The number of aromatic nitrogens is 2. The van der Waals surface area contributed by atoms with Gasteiger partial charge in [-0.05, 0) is 30.7 Å². The predicted molar refractivity (Wildman–Crippen MR) is 108 cm³/mol. The molecule has 1 heterocycles. The smallest absolute Gasteiger partial charge is 0.272 e. The van der Waals surface area contributed by atoms with Gasteiger partial charge in [-0.2, -0.15) is 5.10 Å². The summed E-state index contributed by atoms with van der Waals surface area (Å²) in [6.07, 6.45) is 0.655. The molecule has 1 aromatic heterocycles. The highest BCUT2D eigenvalue weighted by Crippen LogP contribution is 2.16. The third-order valence-electron chi connectivity index (χ3n) is 3.92. The Labute approximate surface area is 169 Å². The normalized spacial score (nSPS) is 11.5. The Morgan fingerprint density at radius 1 is 1.14 bits per heavy atom. The maximum absolute atomic E-state index is 12.6. The summed E-state index contributed by atoms with van der Waals surface area (Å²) in [7, 11) is -3.98. The number of halogens is 1. The molecule has 1 amide bonds. The van der Waals surface area contributed by atoms with Crippen LogP contribution in [-0.4, -0.2) is 24.1 Å². The Bertz CT molecular complexity index is 1210. The number of carbonyl (C=O) groups is 1. The zero-order valence-electron chi connectivity index (χ0n) is 14.8. The third kappa shape index (κ3) is 4.13. The lowest BCUT2D eigenvalue weighted by molar-refractivity contribution is 0.0939. The molecule has 8 nitrogen and oxygen atoms in total. The number of amides is 1. The molecule has 3 aromatic rings. The van der Waals surface area contributed by atoms with Crippen LogP contribution in [-0.2, 0) is 16.6 Å². The van der Waals surface area contributed by atoms with Gasteiger partial charge in [0, 0.05) is 16.4 Å². The minimum absolute atomic E-state index is 0.0176. The first-order valence-electron chi connectivity index (χ1n) is 8.41. The van der Waals surface area contributed by atoms with Gasteiger partial charge in [0.15, 0.2) is 5.69 Å². The lowest BCUT2D eigenvalue weighted by atomic mass is 10.1. The minimum Gasteiger partial charge on any atom is -0.272 e. The van der Waals surface area contributed by atoms with Crippen molar-refractivity contribution in [2.24, 2.45) is 0 Å². The number of nitrogens with zero attached hydrogens (tertiary/aromatic N) is 2. The molecule has 10 heteroatoms. The Kier molecular flexibility index (Phi) is 5.92. The molecule has 146 valence electrons. The molecule has 0 saturated heterocycles. The molecule has 2 aromatic carbocycles. The van der Waals surface area contributed by atoms with Gasteiger partial charge in [-0.25, -0.2) is 13.1 Å². The summed E-state index contributed by atoms with van der Waals surface area (Å²) in [5.41, 5.74) is 1.82. The number of hydrogen-bond acceptors (Lipinski definition) is 5. The highest BCUT2D eigenvalue weighted by molar-refractivity contribution is 9.10. The summed E-state index contributed by atoms with van der Waals surface area (Å²) in [4.78, 5) is 27.2. The molecule has 0 radical (unpaired) electrons. The van der Waals surface area contributed by atoms with Crippen molar-refractivity contribution in [2.45, 2.75) is 24.8 Å². The molecule has 0 unspecified atom stereocenters. The molecule has 0 aliphatic carbocycles. The fourth-order valence-corrected chi connectivity index (χ4v) is 4.07. The van der Waals surface area contributed by atoms with Gasteiger partial charge in [0.25, 0.3) is 21.5 Å². The number of sulfonamides is 1. The van der Waals surface area contributed by atoms with Crippen molar-refractivity contribution >= 4 is 42.6 Å². The van der Waals surface area contributed by atoms with Gasteiger partial charge in [0.1, 0.15) is 0 Å². The van der Waals surface area contributed by atoms with Crippen molar-refractivity contribution < 1.29 is 13.2 Å². The van der Waals surface area contributed by atoms with Crippen molar-refractivity contribution in [3.05, 3.63) is 69.1 Å². The molecule has 0 atom stereocenters. The van der Waals surface area contributed by atoms with Crippen LogP contribution in [0, 0.1) is 0 Å². The summed E-state index contributed by atoms with van der Waals surface area (Å²) in [5.74, 6) is -0.764. The Morgan fingerprint density at radius 3 is 2.54 bits per heavy atom. The lowest BCUT2D eigenvalue weighted by Crippen LogP contribution is -2.42. The van der Waals surface area contributed by atoms with E-state index in [2.05, 4.69) is 31.3 Å². The number of hydrazine groups is 1. The minimum atomic E-state index is -3.98. The molecule has 3 rings (SSSR count). The van der Waals surface area contributed by atoms with Gasteiger partial charge in [-0.3, -0.25) is 15.0 Å². The second kappa shape index (κ2) is 8.21.